The third-order valence-electron chi connectivity index (χ3n) is 4.47. The average Bonchev–Trinajstić information content (AvgIpc) is 3.16. The van der Waals surface area contributed by atoms with Crippen LogP contribution in [0.15, 0.2) is 47.2 Å². The number of pyridine rings is 1. The molecule has 5 nitrogen and oxygen atoms in total. The molecule has 0 bridgehead atoms. The Hall–Kier alpha value is -3.29. The van der Waals surface area contributed by atoms with E-state index in [2.05, 4.69) is 19.9 Å². The van der Waals surface area contributed by atoms with E-state index in [9.17, 15) is 13.2 Å². The summed E-state index contributed by atoms with van der Waals surface area (Å²) in [6, 6.07) is 7.95. The fraction of sp³-hybridized carbons (Fsp3) is 0.200. The molecular formula is C20H16F3N3O2. The Labute approximate surface area is 158 Å². The smallest absolute Gasteiger partial charge is 0.406 e. The highest BCUT2D eigenvalue weighted by Gasteiger charge is 2.31. The lowest BCUT2D eigenvalue weighted by Crippen LogP contribution is -2.17. The molecular weight excluding hydrogens is 371 g/mol. The molecule has 8 heteroatoms. The second-order valence-electron chi connectivity index (χ2n) is 6.51. The first-order valence-corrected chi connectivity index (χ1v) is 8.54. The molecule has 0 saturated heterocycles. The van der Waals surface area contributed by atoms with Crippen molar-refractivity contribution in [3.05, 3.63) is 65.3 Å². The van der Waals surface area contributed by atoms with Crippen LogP contribution in [0.5, 0.6) is 5.75 Å². The molecule has 0 saturated carbocycles. The number of halogens is 3. The number of aromatic amines is 1. The summed E-state index contributed by atoms with van der Waals surface area (Å²) in [5.41, 5.74) is 4.85. The number of alkyl halides is 3. The van der Waals surface area contributed by atoms with Crippen molar-refractivity contribution in [3.63, 3.8) is 0 Å². The average molecular weight is 387 g/mol. The van der Waals surface area contributed by atoms with Crippen LogP contribution in [-0.4, -0.2) is 21.5 Å². The van der Waals surface area contributed by atoms with Gasteiger partial charge in [-0.15, -0.1) is 13.2 Å². The Morgan fingerprint density at radius 1 is 1.18 bits per heavy atom. The number of fused-ring (bicyclic) bond motifs is 1. The third-order valence-corrected chi connectivity index (χ3v) is 4.47. The van der Waals surface area contributed by atoms with E-state index in [0.29, 0.717) is 23.4 Å². The van der Waals surface area contributed by atoms with Crippen LogP contribution in [0.3, 0.4) is 0 Å². The summed E-state index contributed by atoms with van der Waals surface area (Å²) in [4.78, 5) is 7.55. The van der Waals surface area contributed by atoms with E-state index in [0.717, 1.165) is 27.8 Å². The van der Waals surface area contributed by atoms with Gasteiger partial charge in [0.1, 0.15) is 17.2 Å². The molecule has 4 aromatic rings. The van der Waals surface area contributed by atoms with Crippen molar-refractivity contribution < 1.29 is 22.4 Å². The molecule has 0 aliphatic carbocycles. The van der Waals surface area contributed by atoms with Crippen LogP contribution < -0.4 is 4.74 Å². The normalized spacial score (nSPS) is 11.9. The van der Waals surface area contributed by atoms with Gasteiger partial charge in [-0.1, -0.05) is 17.3 Å². The van der Waals surface area contributed by atoms with Gasteiger partial charge in [0, 0.05) is 28.9 Å². The van der Waals surface area contributed by atoms with Crippen molar-refractivity contribution in [3.8, 4) is 16.9 Å². The number of nitrogens with zero attached hydrogens (tertiary/aromatic N) is 2. The van der Waals surface area contributed by atoms with Crippen LogP contribution >= 0.6 is 0 Å². The van der Waals surface area contributed by atoms with E-state index in [4.69, 9.17) is 4.52 Å². The van der Waals surface area contributed by atoms with Crippen LogP contribution in [0.25, 0.3) is 22.2 Å². The molecule has 1 N–H and O–H groups in total. The molecule has 4 rings (SSSR count). The lowest BCUT2D eigenvalue weighted by atomic mass is 10.0. The van der Waals surface area contributed by atoms with E-state index in [-0.39, 0.29) is 5.75 Å². The van der Waals surface area contributed by atoms with E-state index in [1.54, 1.807) is 18.3 Å². The lowest BCUT2D eigenvalue weighted by molar-refractivity contribution is -0.274. The van der Waals surface area contributed by atoms with Crippen molar-refractivity contribution >= 4 is 11.0 Å². The number of rotatable bonds is 4. The van der Waals surface area contributed by atoms with Gasteiger partial charge in [0.25, 0.3) is 0 Å². The SMILES string of the molecule is Cc1noc(C)c1-c1cnc2[nH]cc(Cc3cccc(OC(F)(F)F)c3)c2c1. The van der Waals surface area contributed by atoms with Gasteiger partial charge >= 0.3 is 6.36 Å². The summed E-state index contributed by atoms with van der Waals surface area (Å²) < 4.78 is 46.6. The van der Waals surface area contributed by atoms with Crippen LogP contribution in [-0.2, 0) is 6.42 Å². The molecule has 3 aromatic heterocycles. The molecule has 0 radical (unpaired) electrons. The topological polar surface area (TPSA) is 63.9 Å². The number of aryl methyl sites for hydroxylation is 2. The molecule has 0 unspecified atom stereocenters. The fourth-order valence-corrected chi connectivity index (χ4v) is 3.31. The van der Waals surface area contributed by atoms with Gasteiger partial charge in [-0.2, -0.15) is 0 Å². The zero-order chi connectivity index (χ0) is 19.9. The van der Waals surface area contributed by atoms with Crippen LogP contribution in [0, 0.1) is 13.8 Å². The number of hydrogen-bond acceptors (Lipinski definition) is 4. The molecule has 0 fully saturated rings. The molecule has 0 spiro atoms. The Bertz CT molecular complexity index is 1130. The Kier molecular flexibility index (Phi) is 4.33. The van der Waals surface area contributed by atoms with Gasteiger partial charge in [-0.05, 0) is 49.6 Å². The minimum Gasteiger partial charge on any atom is -0.406 e. The highest BCUT2D eigenvalue weighted by Crippen LogP contribution is 2.31. The Morgan fingerprint density at radius 2 is 2.00 bits per heavy atom. The van der Waals surface area contributed by atoms with E-state index < -0.39 is 6.36 Å². The summed E-state index contributed by atoms with van der Waals surface area (Å²) in [6.07, 6.45) is -0.729. The maximum Gasteiger partial charge on any atom is 0.573 e. The second kappa shape index (κ2) is 6.70. The lowest BCUT2D eigenvalue weighted by Gasteiger charge is -2.10. The number of aromatic nitrogens is 3. The van der Waals surface area contributed by atoms with Crippen LogP contribution in [0.1, 0.15) is 22.6 Å². The van der Waals surface area contributed by atoms with Crippen molar-refractivity contribution in [1.29, 1.82) is 0 Å². The zero-order valence-electron chi connectivity index (χ0n) is 15.1. The Morgan fingerprint density at radius 3 is 2.71 bits per heavy atom. The molecule has 144 valence electrons. The summed E-state index contributed by atoms with van der Waals surface area (Å²) in [6.45, 7) is 3.70. The molecule has 1 aromatic carbocycles. The summed E-state index contributed by atoms with van der Waals surface area (Å²) in [7, 11) is 0. The number of hydrogen-bond donors (Lipinski definition) is 1. The monoisotopic (exact) mass is 387 g/mol. The molecule has 3 heterocycles. The molecule has 0 amide bonds. The maximum absolute atomic E-state index is 12.5. The predicted molar refractivity (Wildman–Crippen MR) is 97.0 cm³/mol. The van der Waals surface area contributed by atoms with Crippen molar-refractivity contribution in [2.75, 3.05) is 0 Å². The van der Waals surface area contributed by atoms with Gasteiger partial charge < -0.3 is 14.2 Å². The minimum absolute atomic E-state index is 0.237. The van der Waals surface area contributed by atoms with E-state index in [1.165, 1.54) is 12.1 Å². The second-order valence-corrected chi connectivity index (χ2v) is 6.51. The highest BCUT2D eigenvalue weighted by molar-refractivity contribution is 5.85. The molecule has 0 atom stereocenters. The predicted octanol–water partition coefficient (Wildman–Crippen LogP) is 5.32. The number of nitrogens with one attached hydrogen (secondary N) is 1. The minimum atomic E-state index is -4.72. The quantitative estimate of drug-likeness (QED) is 0.514. The van der Waals surface area contributed by atoms with E-state index >= 15 is 0 Å². The van der Waals surface area contributed by atoms with E-state index in [1.807, 2.05) is 26.1 Å². The molecule has 28 heavy (non-hydrogen) atoms. The van der Waals surface area contributed by atoms with Crippen LogP contribution in [0.4, 0.5) is 13.2 Å². The number of ether oxygens (including phenoxy) is 1. The van der Waals surface area contributed by atoms with Gasteiger partial charge in [-0.25, -0.2) is 4.98 Å². The third kappa shape index (κ3) is 3.58. The molecule has 0 aliphatic rings. The summed E-state index contributed by atoms with van der Waals surface area (Å²) >= 11 is 0. The maximum atomic E-state index is 12.5. The van der Waals surface area contributed by atoms with Crippen molar-refractivity contribution in [2.45, 2.75) is 26.6 Å². The standard InChI is InChI=1S/C20H16F3N3O2/c1-11-18(12(2)28-26-11)15-8-17-14(9-24-19(17)25-10-15)6-13-4-3-5-16(7-13)27-20(21,22)23/h3-5,7-10H,6H2,1-2H3,(H,24,25). The zero-order valence-corrected chi connectivity index (χ0v) is 15.1. The van der Waals surface area contributed by atoms with Crippen LogP contribution in [0.2, 0.25) is 0 Å². The van der Waals surface area contributed by atoms with Crippen molar-refractivity contribution in [2.24, 2.45) is 0 Å². The summed E-state index contributed by atoms with van der Waals surface area (Å²) in [5, 5.41) is 4.86. The first kappa shape index (κ1) is 18.1. The summed E-state index contributed by atoms with van der Waals surface area (Å²) in [5.74, 6) is 0.465. The van der Waals surface area contributed by atoms with Gasteiger partial charge in [0.2, 0.25) is 0 Å². The highest BCUT2D eigenvalue weighted by atomic mass is 19.4. The van der Waals surface area contributed by atoms with Gasteiger partial charge in [0.05, 0.1) is 5.69 Å². The largest absolute Gasteiger partial charge is 0.573 e. The van der Waals surface area contributed by atoms with Gasteiger partial charge in [0.15, 0.2) is 0 Å². The van der Waals surface area contributed by atoms with Crippen molar-refractivity contribution in [1.82, 2.24) is 15.1 Å². The first-order chi connectivity index (χ1) is 13.3. The molecule has 0 aliphatic heterocycles. The fourth-order valence-electron chi connectivity index (χ4n) is 3.31. The Balaban J connectivity index is 1.68. The number of H-pyrrole nitrogens is 1. The first-order valence-electron chi connectivity index (χ1n) is 8.54. The number of benzene rings is 1. The van der Waals surface area contributed by atoms with Gasteiger partial charge in [-0.3, -0.25) is 0 Å².